The van der Waals surface area contributed by atoms with Crippen LogP contribution in [0.1, 0.15) is 25.8 Å². The predicted octanol–water partition coefficient (Wildman–Crippen LogP) is 3.59. The number of aromatic hydroxyl groups is 1. The first kappa shape index (κ1) is 12.7. The van der Waals surface area contributed by atoms with Crippen LogP contribution in [0.2, 0.25) is 0 Å². The third kappa shape index (κ3) is 3.05. The summed E-state index contributed by atoms with van der Waals surface area (Å²) in [6, 6.07) is 2.97. The van der Waals surface area contributed by atoms with Crippen LogP contribution in [0.15, 0.2) is 18.2 Å². The largest absolute Gasteiger partial charge is 0.508 e. The second kappa shape index (κ2) is 4.63. The van der Waals surface area contributed by atoms with Crippen LogP contribution in [0.25, 0.3) is 0 Å². The van der Waals surface area contributed by atoms with Crippen molar-refractivity contribution in [2.45, 2.75) is 32.5 Å². The molecule has 0 amide bonds. The van der Waals surface area contributed by atoms with E-state index >= 15 is 0 Å². The van der Waals surface area contributed by atoms with Crippen molar-refractivity contribution >= 4 is 0 Å². The number of phenols is 1. The molecule has 90 valence electrons. The van der Waals surface area contributed by atoms with Crippen LogP contribution in [0, 0.1) is 0 Å². The average molecular weight is 234 g/mol. The molecule has 0 bridgehead atoms. The van der Waals surface area contributed by atoms with Crippen molar-refractivity contribution in [1.82, 2.24) is 0 Å². The average Bonchev–Trinajstić information content (AvgIpc) is 2.19. The van der Waals surface area contributed by atoms with Gasteiger partial charge >= 0.3 is 6.18 Å². The molecule has 16 heavy (non-hydrogen) atoms. The number of rotatable bonds is 3. The van der Waals surface area contributed by atoms with Gasteiger partial charge < -0.3 is 9.84 Å². The molecule has 0 saturated heterocycles. The molecule has 0 aliphatic rings. The number of hydrogen-bond acceptors (Lipinski definition) is 2. The third-order valence-corrected chi connectivity index (χ3v) is 2.17. The Morgan fingerprint density at radius 1 is 1.38 bits per heavy atom. The molecule has 1 rings (SSSR count). The van der Waals surface area contributed by atoms with E-state index in [2.05, 4.69) is 0 Å². The molecular weight excluding hydrogens is 221 g/mol. The van der Waals surface area contributed by atoms with E-state index in [4.69, 9.17) is 9.84 Å². The van der Waals surface area contributed by atoms with E-state index < -0.39 is 17.5 Å². The van der Waals surface area contributed by atoms with Crippen molar-refractivity contribution in [2.75, 3.05) is 0 Å². The minimum atomic E-state index is -4.53. The van der Waals surface area contributed by atoms with E-state index in [9.17, 15) is 13.2 Å². The molecule has 1 unspecified atom stereocenters. The number of ether oxygens (including phenoxy) is 1. The number of hydrogen-bond donors (Lipinski definition) is 1. The Morgan fingerprint density at radius 2 is 2.00 bits per heavy atom. The van der Waals surface area contributed by atoms with Gasteiger partial charge in [0.05, 0.1) is 6.10 Å². The topological polar surface area (TPSA) is 29.5 Å². The van der Waals surface area contributed by atoms with Gasteiger partial charge in [0.1, 0.15) is 17.1 Å². The minimum absolute atomic E-state index is 0.250. The van der Waals surface area contributed by atoms with Gasteiger partial charge in [0, 0.05) is 0 Å². The second-order valence-corrected chi connectivity index (χ2v) is 3.51. The van der Waals surface area contributed by atoms with Crippen LogP contribution in [0.3, 0.4) is 0 Å². The molecule has 0 spiro atoms. The summed E-state index contributed by atoms with van der Waals surface area (Å²) in [5.41, 5.74) is -0.951. The number of alkyl halides is 3. The molecule has 1 aromatic carbocycles. The van der Waals surface area contributed by atoms with Gasteiger partial charge in [-0.2, -0.15) is 13.2 Å². The Balaban J connectivity index is 3.08. The van der Waals surface area contributed by atoms with Crippen LogP contribution >= 0.6 is 0 Å². The highest BCUT2D eigenvalue weighted by Gasteiger charge is 2.35. The van der Waals surface area contributed by atoms with Gasteiger partial charge in [-0.05, 0) is 31.5 Å². The van der Waals surface area contributed by atoms with Crippen LogP contribution < -0.4 is 4.74 Å². The molecular formula is C11H13F3O2. The molecule has 1 atom stereocenters. The van der Waals surface area contributed by atoms with Gasteiger partial charge in [-0.3, -0.25) is 0 Å². The van der Waals surface area contributed by atoms with Gasteiger partial charge in [-0.1, -0.05) is 6.92 Å². The summed E-state index contributed by atoms with van der Waals surface area (Å²) in [6.07, 6.45) is -4.22. The fourth-order valence-corrected chi connectivity index (χ4v) is 1.14. The van der Waals surface area contributed by atoms with Gasteiger partial charge in [0.25, 0.3) is 0 Å². The molecule has 0 aliphatic carbocycles. The van der Waals surface area contributed by atoms with E-state index in [0.717, 1.165) is 6.07 Å². The molecule has 0 heterocycles. The molecule has 0 fully saturated rings. The summed E-state index contributed by atoms with van der Waals surface area (Å²) in [7, 11) is 0. The normalized spacial score (nSPS) is 13.6. The van der Waals surface area contributed by atoms with Crippen LogP contribution in [0.5, 0.6) is 11.5 Å². The molecule has 5 heteroatoms. The fraction of sp³-hybridized carbons (Fsp3) is 0.455. The summed E-state index contributed by atoms with van der Waals surface area (Å²) >= 11 is 0. The summed E-state index contributed by atoms with van der Waals surface area (Å²) in [5, 5.41) is 9.04. The number of phenolic OH excluding ortho intramolecular Hbond substituents is 1. The second-order valence-electron chi connectivity index (χ2n) is 3.51. The number of halogens is 3. The Morgan fingerprint density at radius 3 is 2.50 bits per heavy atom. The Bertz CT molecular complexity index is 361. The van der Waals surface area contributed by atoms with E-state index in [1.807, 2.05) is 6.92 Å². The zero-order valence-corrected chi connectivity index (χ0v) is 9.01. The van der Waals surface area contributed by atoms with Gasteiger partial charge in [-0.15, -0.1) is 0 Å². The van der Waals surface area contributed by atoms with Crippen LogP contribution in [0.4, 0.5) is 13.2 Å². The molecule has 0 aliphatic heterocycles. The van der Waals surface area contributed by atoms with E-state index in [-0.39, 0.29) is 11.9 Å². The lowest BCUT2D eigenvalue weighted by Gasteiger charge is -2.17. The van der Waals surface area contributed by atoms with Crippen molar-refractivity contribution in [3.63, 3.8) is 0 Å². The Labute approximate surface area is 91.7 Å². The first-order valence-corrected chi connectivity index (χ1v) is 4.91. The zero-order chi connectivity index (χ0) is 12.3. The monoisotopic (exact) mass is 234 g/mol. The van der Waals surface area contributed by atoms with Crippen LogP contribution in [-0.2, 0) is 6.18 Å². The van der Waals surface area contributed by atoms with E-state index in [1.54, 1.807) is 6.92 Å². The minimum Gasteiger partial charge on any atom is -0.508 e. The lowest BCUT2D eigenvalue weighted by molar-refractivity contribution is -0.139. The van der Waals surface area contributed by atoms with Crippen molar-refractivity contribution in [3.05, 3.63) is 23.8 Å². The first-order chi connectivity index (χ1) is 7.34. The maximum Gasteiger partial charge on any atom is 0.420 e. The maximum atomic E-state index is 12.6. The van der Waals surface area contributed by atoms with Gasteiger partial charge in [0.15, 0.2) is 0 Å². The summed E-state index contributed by atoms with van der Waals surface area (Å²) in [6.45, 7) is 3.51. The summed E-state index contributed by atoms with van der Waals surface area (Å²) < 4.78 is 42.9. The third-order valence-electron chi connectivity index (χ3n) is 2.17. The van der Waals surface area contributed by atoms with Crippen molar-refractivity contribution in [3.8, 4) is 11.5 Å². The quantitative estimate of drug-likeness (QED) is 0.866. The highest BCUT2D eigenvalue weighted by Crippen LogP contribution is 2.38. The summed E-state index contributed by atoms with van der Waals surface area (Å²) in [5.74, 6) is -0.677. The molecule has 0 saturated carbocycles. The van der Waals surface area contributed by atoms with Gasteiger partial charge in [0.2, 0.25) is 0 Å². The fourth-order valence-electron chi connectivity index (χ4n) is 1.14. The van der Waals surface area contributed by atoms with E-state index in [0.29, 0.717) is 12.5 Å². The summed E-state index contributed by atoms with van der Waals surface area (Å²) in [4.78, 5) is 0. The Hall–Kier alpha value is -1.39. The first-order valence-electron chi connectivity index (χ1n) is 4.91. The lowest BCUT2D eigenvalue weighted by atomic mass is 10.1. The smallest absolute Gasteiger partial charge is 0.420 e. The standard InChI is InChI=1S/C11H13F3O2/c1-3-7(2)16-10-5-4-8(15)6-9(10)11(12,13)14/h4-7,15H,3H2,1-2H3. The molecule has 2 nitrogen and oxygen atoms in total. The number of benzene rings is 1. The SMILES string of the molecule is CCC(C)Oc1ccc(O)cc1C(F)(F)F. The zero-order valence-electron chi connectivity index (χ0n) is 9.01. The van der Waals surface area contributed by atoms with Gasteiger partial charge in [-0.25, -0.2) is 0 Å². The molecule has 0 radical (unpaired) electrons. The van der Waals surface area contributed by atoms with E-state index in [1.165, 1.54) is 6.07 Å². The van der Waals surface area contributed by atoms with Crippen LogP contribution in [-0.4, -0.2) is 11.2 Å². The van der Waals surface area contributed by atoms with Crippen molar-refractivity contribution in [2.24, 2.45) is 0 Å². The van der Waals surface area contributed by atoms with Crippen molar-refractivity contribution in [1.29, 1.82) is 0 Å². The van der Waals surface area contributed by atoms with Crippen molar-refractivity contribution < 1.29 is 23.0 Å². The lowest BCUT2D eigenvalue weighted by Crippen LogP contribution is -2.14. The molecule has 1 aromatic rings. The predicted molar refractivity (Wildman–Crippen MR) is 53.5 cm³/mol. The highest BCUT2D eigenvalue weighted by atomic mass is 19.4. The molecule has 0 aromatic heterocycles. The maximum absolute atomic E-state index is 12.6. The Kier molecular flexibility index (Phi) is 3.67. The highest BCUT2D eigenvalue weighted by molar-refractivity contribution is 5.41. The molecule has 1 N–H and O–H groups in total.